The van der Waals surface area contributed by atoms with E-state index >= 15 is 0 Å². The third-order valence-electron chi connectivity index (χ3n) is 5.50. The van der Waals surface area contributed by atoms with Crippen LogP contribution in [0.15, 0.2) is 17.1 Å². The summed E-state index contributed by atoms with van der Waals surface area (Å²) < 4.78 is 1.64. The van der Waals surface area contributed by atoms with Gasteiger partial charge in [0.2, 0.25) is 5.91 Å². The second-order valence-electron chi connectivity index (χ2n) is 7.48. The largest absolute Gasteiger partial charge is 0.332 e. The van der Waals surface area contributed by atoms with Crippen LogP contribution in [0.5, 0.6) is 0 Å². The Labute approximate surface area is 155 Å². The number of amides is 1. The van der Waals surface area contributed by atoms with E-state index in [4.69, 9.17) is 0 Å². The number of fused-ring (bicyclic) bond motifs is 2. The fourth-order valence-electron chi connectivity index (χ4n) is 3.76. The van der Waals surface area contributed by atoms with Crippen LogP contribution in [0.4, 0.5) is 0 Å². The predicted octanol–water partition coefficient (Wildman–Crippen LogP) is 1.39. The molecule has 1 aliphatic carbocycles. The van der Waals surface area contributed by atoms with Crippen molar-refractivity contribution in [2.75, 3.05) is 0 Å². The smallest absolute Gasteiger partial charge is 0.266 e. The number of H-pyrrole nitrogens is 1. The van der Waals surface area contributed by atoms with Gasteiger partial charge in [0.1, 0.15) is 5.82 Å². The number of rotatable bonds is 3. The Morgan fingerprint density at radius 3 is 2.85 bits per heavy atom. The lowest BCUT2D eigenvalue weighted by atomic mass is 10.1. The monoisotopic (exact) mass is 364 g/mol. The van der Waals surface area contributed by atoms with E-state index in [1.165, 1.54) is 6.07 Å². The van der Waals surface area contributed by atoms with Gasteiger partial charge in [-0.05, 0) is 26.7 Å². The van der Waals surface area contributed by atoms with Crippen LogP contribution in [-0.2, 0) is 24.3 Å². The Morgan fingerprint density at radius 1 is 1.26 bits per heavy atom. The number of hydrogen-bond acceptors (Lipinski definition) is 5. The molecule has 3 aromatic heterocycles. The molecule has 4 heterocycles. The highest BCUT2D eigenvalue weighted by Crippen LogP contribution is 2.38. The number of hydrogen-bond donors (Lipinski definition) is 1. The Balaban J connectivity index is 1.39. The maximum Gasteiger partial charge on any atom is 0.266 e. The van der Waals surface area contributed by atoms with Crippen LogP contribution in [0.1, 0.15) is 52.8 Å². The highest BCUT2D eigenvalue weighted by atomic mass is 16.2. The molecule has 0 unspecified atom stereocenters. The first-order valence-corrected chi connectivity index (χ1v) is 9.20. The third kappa shape index (κ3) is 2.72. The van der Waals surface area contributed by atoms with Crippen molar-refractivity contribution in [1.82, 2.24) is 29.5 Å². The summed E-state index contributed by atoms with van der Waals surface area (Å²) in [5.74, 6) is 1.45. The lowest BCUT2D eigenvalue weighted by Crippen LogP contribution is -2.28. The van der Waals surface area contributed by atoms with E-state index in [1.807, 2.05) is 24.9 Å². The van der Waals surface area contributed by atoms with Crippen molar-refractivity contribution in [2.45, 2.75) is 52.1 Å². The Morgan fingerprint density at radius 2 is 2.07 bits per heavy atom. The van der Waals surface area contributed by atoms with Gasteiger partial charge in [-0.25, -0.2) is 19.5 Å². The predicted molar refractivity (Wildman–Crippen MR) is 97.3 cm³/mol. The number of aromatic amines is 1. The third-order valence-corrected chi connectivity index (χ3v) is 5.50. The highest BCUT2D eigenvalue weighted by molar-refractivity contribution is 5.80. The van der Waals surface area contributed by atoms with E-state index in [2.05, 4.69) is 20.1 Å². The maximum atomic E-state index is 12.9. The normalized spacial score (nSPS) is 16.1. The van der Waals surface area contributed by atoms with Gasteiger partial charge in [-0.2, -0.15) is 0 Å². The van der Waals surface area contributed by atoms with E-state index in [0.29, 0.717) is 24.7 Å². The van der Waals surface area contributed by atoms with Crippen molar-refractivity contribution in [3.8, 4) is 0 Å². The molecule has 138 valence electrons. The van der Waals surface area contributed by atoms with E-state index in [1.54, 1.807) is 4.52 Å². The summed E-state index contributed by atoms with van der Waals surface area (Å²) in [4.78, 5) is 39.9. The van der Waals surface area contributed by atoms with Gasteiger partial charge in [0.25, 0.3) is 5.56 Å². The minimum absolute atomic E-state index is 0.0304. The molecule has 0 saturated heterocycles. The molecule has 8 nitrogen and oxygen atoms in total. The van der Waals surface area contributed by atoms with Crippen molar-refractivity contribution in [2.24, 2.45) is 0 Å². The van der Waals surface area contributed by atoms with Gasteiger partial charge in [0.15, 0.2) is 5.65 Å². The number of aromatic nitrogens is 5. The van der Waals surface area contributed by atoms with Gasteiger partial charge in [-0.1, -0.05) is 0 Å². The first kappa shape index (κ1) is 16.2. The van der Waals surface area contributed by atoms with Crippen LogP contribution in [0, 0.1) is 13.8 Å². The van der Waals surface area contributed by atoms with E-state index < -0.39 is 0 Å². The van der Waals surface area contributed by atoms with Crippen LogP contribution in [0.3, 0.4) is 0 Å². The zero-order chi connectivity index (χ0) is 18.7. The fraction of sp³-hybridized carbons (Fsp3) is 0.421. The van der Waals surface area contributed by atoms with Gasteiger partial charge in [-0.15, -0.1) is 0 Å². The molecule has 2 aliphatic rings. The molecule has 1 fully saturated rings. The molecular weight excluding hydrogens is 344 g/mol. The van der Waals surface area contributed by atoms with Crippen LogP contribution < -0.4 is 5.56 Å². The molecule has 0 atom stereocenters. The molecule has 1 saturated carbocycles. The van der Waals surface area contributed by atoms with Crippen molar-refractivity contribution in [3.05, 3.63) is 56.7 Å². The Kier molecular flexibility index (Phi) is 3.43. The zero-order valence-corrected chi connectivity index (χ0v) is 15.3. The second kappa shape index (κ2) is 5.73. The van der Waals surface area contributed by atoms with Crippen molar-refractivity contribution < 1.29 is 4.79 Å². The number of carbonyl (C=O) groups is 1. The minimum Gasteiger partial charge on any atom is -0.332 e. The first-order chi connectivity index (χ1) is 13.0. The van der Waals surface area contributed by atoms with E-state index in [9.17, 15) is 9.59 Å². The number of carbonyl (C=O) groups excluding carboxylic acids is 1. The highest BCUT2D eigenvalue weighted by Gasteiger charge is 2.30. The van der Waals surface area contributed by atoms with Gasteiger partial charge in [0.05, 0.1) is 18.7 Å². The van der Waals surface area contributed by atoms with Crippen molar-refractivity contribution in [3.63, 3.8) is 0 Å². The summed E-state index contributed by atoms with van der Waals surface area (Å²) in [6.07, 6.45) is 4.45. The molecular formula is C19H20N6O2. The Hall–Kier alpha value is -3.03. The maximum absolute atomic E-state index is 12.9. The van der Waals surface area contributed by atoms with Crippen LogP contribution >= 0.6 is 0 Å². The summed E-state index contributed by atoms with van der Waals surface area (Å²) in [5.41, 5.74) is 4.82. The van der Waals surface area contributed by atoms with Crippen LogP contribution in [-0.4, -0.2) is 35.4 Å². The van der Waals surface area contributed by atoms with Gasteiger partial charge in [-0.3, -0.25) is 14.7 Å². The second-order valence-corrected chi connectivity index (χ2v) is 7.48. The zero-order valence-electron chi connectivity index (χ0n) is 15.3. The molecule has 0 aromatic carbocycles. The van der Waals surface area contributed by atoms with Gasteiger partial charge < -0.3 is 4.90 Å². The van der Waals surface area contributed by atoms with Crippen molar-refractivity contribution >= 4 is 11.6 Å². The fourth-order valence-corrected chi connectivity index (χ4v) is 3.76. The summed E-state index contributed by atoms with van der Waals surface area (Å²) in [6, 6.07) is 1.46. The number of nitrogens with one attached hydrogen (secondary N) is 1. The average Bonchev–Trinajstić information content (AvgIpc) is 3.29. The molecule has 8 heteroatoms. The molecule has 0 radical (unpaired) electrons. The molecule has 0 bridgehead atoms. The lowest BCUT2D eigenvalue weighted by Gasteiger charge is -2.17. The standard InChI is InChI=1S/C19H20N6O2/c1-10-14(11(2)25-16(21-10)6-17(26)23-25)5-18(27)24-8-13-7-20-19(12-3-4-12)22-15(13)9-24/h6-7,12H,3-5,8-9H2,1-2H3,(H,23,26). The van der Waals surface area contributed by atoms with Gasteiger partial charge >= 0.3 is 0 Å². The van der Waals surface area contributed by atoms with Crippen LogP contribution in [0.25, 0.3) is 5.65 Å². The number of nitrogens with zero attached hydrogens (tertiary/aromatic N) is 5. The van der Waals surface area contributed by atoms with E-state index in [-0.39, 0.29) is 17.9 Å². The molecule has 1 amide bonds. The molecule has 3 aromatic rings. The van der Waals surface area contributed by atoms with Crippen molar-refractivity contribution in [1.29, 1.82) is 0 Å². The first-order valence-electron chi connectivity index (χ1n) is 9.20. The summed E-state index contributed by atoms with van der Waals surface area (Å²) in [6.45, 7) is 4.85. The van der Waals surface area contributed by atoms with Crippen LogP contribution in [0.2, 0.25) is 0 Å². The molecule has 0 spiro atoms. The molecule has 5 rings (SSSR count). The minimum atomic E-state index is -0.200. The molecule has 1 N–H and O–H groups in total. The van der Waals surface area contributed by atoms with E-state index in [0.717, 1.165) is 46.9 Å². The Bertz CT molecular complexity index is 1140. The van der Waals surface area contributed by atoms with Gasteiger partial charge in [0, 0.05) is 47.2 Å². The summed E-state index contributed by atoms with van der Waals surface area (Å²) in [7, 11) is 0. The average molecular weight is 364 g/mol. The summed E-state index contributed by atoms with van der Waals surface area (Å²) >= 11 is 0. The quantitative estimate of drug-likeness (QED) is 0.758. The molecule has 27 heavy (non-hydrogen) atoms. The SMILES string of the molecule is Cc1nc2cc(=O)[nH]n2c(C)c1CC(=O)N1Cc2cnc(C3CC3)nc2C1. The lowest BCUT2D eigenvalue weighted by molar-refractivity contribution is -0.131. The topological polar surface area (TPSA) is 96.2 Å². The summed E-state index contributed by atoms with van der Waals surface area (Å²) in [5, 5.41) is 2.73. The molecule has 1 aliphatic heterocycles. The number of aryl methyl sites for hydroxylation is 2.